The number of thiophene rings is 1. The number of carbonyl (C=O) groups is 1. The highest BCUT2D eigenvalue weighted by Gasteiger charge is 2.12. The molecule has 100 valence electrons. The summed E-state index contributed by atoms with van der Waals surface area (Å²) in [4.78, 5) is 12.7. The first-order valence-corrected chi connectivity index (χ1v) is 6.71. The zero-order valence-corrected chi connectivity index (χ0v) is 11.1. The maximum Gasteiger partial charge on any atom is 0.225 e. The third kappa shape index (κ3) is 3.61. The van der Waals surface area contributed by atoms with E-state index in [-0.39, 0.29) is 11.9 Å². The van der Waals surface area contributed by atoms with Crippen molar-refractivity contribution in [2.45, 2.75) is 19.4 Å². The van der Waals surface area contributed by atoms with E-state index in [1.165, 1.54) is 17.4 Å². The van der Waals surface area contributed by atoms with Gasteiger partial charge in [0.05, 0.1) is 12.5 Å². The monoisotopic (exact) mass is 281 g/mol. The van der Waals surface area contributed by atoms with E-state index in [4.69, 9.17) is 0 Å². The Hall–Kier alpha value is -1.75. The number of benzene rings is 1. The van der Waals surface area contributed by atoms with Gasteiger partial charge >= 0.3 is 0 Å². The summed E-state index contributed by atoms with van der Waals surface area (Å²) in [7, 11) is 0. The van der Waals surface area contributed by atoms with Crippen molar-refractivity contribution in [2.24, 2.45) is 0 Å². The van der Waals surface area contributed by atoms with Crippen molar-refractivity contribution in [3.8, 4) is 0 Å². The summed E-state index contributed by atoms with van der Waals surface area (Å²) in [6.07, 6.45) is 0.297. The van der Waals surface area contributed by atoms with Gasteiger partial charge in [-0.1, -0.05) is 12.1 Å². The number of hydrogen-bond donors (Lipinski definition) is 1. The molecule has 0 bridgehead atoms. The fourth-order valence-corrected chi connectivity index (χ4v) is 2.43. The maximum absolute atomic E-state index is 13.1. The molecule has 19 heavy (non-hydrogen) atoms. The normalized spacial score (nSPS) is 12.2. The molecule has 0 aliphatic rings. The minimum atomic E-state index is -0.906. The summed E-state index contributed by atoms with van der Waals surface area (Å²) in [6, 6.07) is 7.04. The van der Waals surface area contributed by atoms with Gasteiger partial charge in [-0.3, -0.25) is 4.79 Å². The molecule has 2 aromatic rings. The van der Waals surface area contributed by atoms with E-state index in [1.54, 1.807) is 6.92 Å². The van der Waals surface area contributed by atoms with E-state index in [0.29, 0.717) is 12.0 Å². The van der Waals surface area contributed by atoms with Gasteiger partial charge in [-0.2, -0.15) is 0 Å². The predicted octanol–water partition coefficient (Wildman–Crippen LogP) is 3.45. The van der Waals surface area contributed by atoms with E-state index in [1.807, 2.05) is 17.5 Å². The van der Waals surface area contributed by atoms with Crippen molar-refractivity contribution in [3.05, 3.63) is 57.8 Å². The second-order valence-corrected chi connectivity index (χ2v) is 5.25. The number of rotatable bonds is 4. The zero-order chi connectivity index (χ0) is 13.8. The number of carbonyl (C=O) groups excluding carboxylic acids is 1. The standard InChI is InChI=1S/C14H13F2NOS/c1-9(10-4-5-12(15)13(16)7-10)17-14(18)8-11-3-2-6-19-11/h2-7,9H,8H2,1H3,(H,17,18). The molecule has 0 aliphatic carbocycles. The molecule has 1 unspecified atom stereocenters. The lowest BCUT2D eigenvalue weighted by atomic mass is 10.1. The molecular formula is C14H13F2NOS. The maximum atomic E-state index is 13.1. The third-order valence-corrected chi connectivity index (χ3v) is 3.61. The predicted molar refractivity (Wildman–Crippen MR) is 70.9 cm³/mol. The van der Waals surface area contributed by atoms with E-state index in [9.17, 15) is 13.6 Å². The second-order valence-electron chi connectivity index (χ2n) is 4.22. The Bertz CT molecular complexity index is 569. The topological polar surface area (TPSA) is 29.1 Å². The van der Waals surface area contributed by atoms with Crippen LogP contribution in [0.15, 0.2) is 35.7 Å². The highest BCUT2D eigenvalue weighted by Crippen LogP contribution is 2.16. The zero-order valence-electron chi connectivity index (χ0n) is 10.3. The smallest absolute Gasteiger partial charge is 0.225 e. The summed E-state index contributed by atoms with van der Waals surface area (Å²) in [5.41, 5.74) is 0.540. The molecule has 2 rings (SSSR count). The van der Waals surface area contributed by atoms with Gasteiger partial charge in [-0.25, -0.2) is 8.78 Å². The van der Waals surface area contributed by atoms with Crippen LogP contribution in [0.1, 0.15) is 23.4 Å². The lowest BCUT2D eigenvalue weighted by Gasteiger charge is -2.14. The molecule has 1 aromatic carbocycles. The molecule has 2 nitrogen and oxygen atoms in total. The summed E-state index contributed by atoms with van der Waals surface area (Å²) in [5.74, 6) is -1.93. The summed E-state index contributed by atoms with van der Waals surface area (Å²) in [5, 5.41) is 4.66. The van der Waals surface area contributed by atoms with E-state index >= 15 is 0 Å². The van der Waals surface area contributed by atoms with Gasteiger partial charge in [-0.15, -0.1) is 11.3 Å². The average Bonchev–Trinajstić information content (AvgIpc) is 2.85. The van der Waals surface area contributed by atoms with Gasteiger partial charge in [0.1, 0.15) is 0 Å². The van der Waals surface area contributed by atoms with Crippen molar-refractivity contribution >= 4 is 17.2 Å². The Kier molecular flexibility index (Phi) is 4.27. The SMILES string of the molecule is CC(NC(=O)Cc1cccs1)c1ccc(F)c(F)c1. The highest BCUT2D eigenvalue weighted by atomic mass is 32.1. The van der Waals surface area contributed by atoms with E-state index < -0.39 is 11.6 Å². The summed E-state index contributed by atoms with van der Waals surface area (Å²) >= 11 is 1.51. The lowest BCUT2D eigenvalue weighted by molar-refractivity contribution is -0.121. The number of nitrogens with one attached hydrogen (secondary N) is 1. The molecular weight excluding hydrogens is 268 g/mol. The van der Waals surface area contributed by atoms with Crippen LogP contribution in [0.3, 0.4) is 0 Å². The Morgan fingerprint density at radius 3 is 2.74 bits per heavy atom. The first kappa shape index (κ1) is 13.7. The second kappa shape index (κ2) is 5.93. The Morgan fingerprint density at radius 1 is 1.32 bits per heavy atom. The fraction of sp³-hybridized carbons (Fsp3) is 0.214. The quantitative estimate of drug-likeness (QED) is 0.913. The third-order valence-electron chi connectivity index (χ3n) is 2.74. The Labute approximate surface area is 114 Å². The molecule has 1 amide bonds. The van der Waals surface area contributed by atoms with Crippen LogP contribution >= 0.6 is 11.3 Å². The van der Waals surface area contributed by atoms with Crippen LogP contribution < -0.4 is 5.32 Å². The van der Waals surface area contributed by atoms with Crippen molar-refractivity contribution in [1.29, 1.82) is 0 Å². The van der Waals surface area contributed by atoms with Gasteiger partial charge in [0.15, 0.2) is 11.6 Å². The molecule has 0 saturated carbocycles. The van der Waals surface area contributed by atoms with Crippen molar-refractivity contribution in [1.82, 2.24) is 5.32 Å². The van der Waals surface area contributed by atoms with Crippen molar-refractivity contribution in [3.63, 3.8) is 0 Å². The van der Waals surface area contributed by atoms with Crippen molar-refractivity contribution < 1.29 is 13.6 Å². The molecule has 0 radical (unpaired) electrons. The molecule has 1 atom stereocenters. The lowest BCUT2D eigenvalue weighted by Crippen LogP contribution is -2.27. The van der Waals surface area contributed by atoms with Gasteiger partial charge in [0.2, 0.25) is 5.91 Å². The van der Waals surface area contributed by atoms with Crippen LogP contribution in [-0.4, -0.2) is 5.91 Å². The molecule has 1 N–H and O–H groups in total. The minimum absolute atomic E-state index is 0.139. The summed E-state index contributed by atoms with van der Waals surface area (Å²) in [6.45, 7) is 1.74. The minimum Gasteiger partial charge on any atom is -0.349 e. The van der Waals surface area contributed by atoms with E-state index in [0.717, 1.165) is 17.0 Å². The number of amides is 1. The molecule has 0 fully saturated rings. The van der Waals surface area contributed by atoms with Crippen LogP contribution in [0.5, 0.6) is 0 Å². The van der Waals surface area contributed by atoms with Crippen LogP contribution in [0.25, 0.3) is 0 Å². The molecule has 0 aliphatic heterocycles. The Morgan fingerprint density at radius 2 is 2.11 bits per heavy atom. The molecule has 5 heteroatoms. The van der Waals surface area contributed by atoms with Gasteiger partial charge < -0.3 is 5.32 Å². The molecule has 0 spiro atoms. The van der Waals surface area contributed by atoms with E-state index in [2.05, 4.69) is 5.32 Å². The van der Waals surface area contributed by atoms with Gasteiger partial charge in [0, 0.05) is 4.88 Å². The number of halogens is 2. The van der Waals surface area contributed by atoms with Crippen molar-refractivity contribution in [2.75, 3.05) is 0 Å². The highest BCUT2D eigenvalue weighted by molar-refractivity contribution is 7.10. The van der Waals surface area contributed by atoms with Gasteiger partial charge in [0.25, 0.3) is 0 Å². The molecule has 0 saturated heterocycles. The largest absolute Gasteiger partial charge is 0.349 e. The Balaban J connectivity index is 1.98. The van der Waals surface area contributed by atoms with Crippen LogP contribution in [-0.2, 0) is 11.2 Å². The first-order chi connectivity index (χ1) is 9.06. The van der Waals surface area contributed by atoms with Crippen LogP contribution in [0, 0.1) is 11.6 Å². The van der Waals surface area contributed by atoms with Gasteiger partial charge in [-0.05, 0) is 36.1 Å². The number of hydrogen-bond acceptors (Lipinski definition) is 2. The fourth-order valence-electron chi connectivity index (χ4n) is 1.73. The van der Waals surface area contributed by atoms with Crippen LogP contribution in [0.4, 0.5) is 8.78 Å². The molecule has 1 aromatic heterocycles. The molecule has 1 heterocycles. The summed E-state index contributed by atoms with van der Waals surface area (Å²) < 4.78 is 25.9. The van der Waals surface area contributed by atoms with Crippen LogP contribution in [0.2, 0.25) is 0 Å². The first-order valence-electron chi connectivity index (χ1n) is 5.83. The average molecular weight is 281 g/mol.